The Morgan fingerprint density at radius 1 is 1.32 bits per heavy atom. The number of fused-ring (bicyclic) bond motifs is 3. The first-order valence-corrected chi connectivity index (χ1v) is 12.7. The van der Waals surface area contributed by atoms with Gasteiger partial charge in [-0.3, -0.25) is 14.4 Å². The molecule has 1 aliphatic carbocycles. The van der Waals surface area contributed by atoms with Gasteiger partial charge in [0.2, 0.25) is 11.8 Å². The number of aromatic amines is 1. The minimum absolute atomic E-state index is 0.0583. The summed E-state index contributed by atoms with van der Waals surface area (Å²) in [6.45, 7) is 0.0583. The van der Waals surface area contributed by atoms with Crippen LogP contribution in [0.5, 0.6) is 0 Å². The van der Waals surface area contributed by atoms with Crippen LogP contribution in [0.2, 0.25) is 5.02 Å². The van der Waals surface area contributed by atoms with E-state index in [0.29, 0.717) is 40.0 Å². The maximum Gasteiger partial charge on any atom is 0.270 e. The van der Waals surface area contributed by atoms with E-state index >= 15 is 0 Å². The number of benzene rings is 1. The number of anilines is 1. The summed E-state index contributed by atoms with van der Waals surface area (Å²) in [7, 11) is 1.62. The molecule has 2 aromatic heterocycles. The Labute approximate surface area is 218 Å². The highest BCUT2D eigenvalue weighted by molar-refractivity contribution is 6.31. The molecule has 3 aromatic rings. The highest BCUT2D eigenvalue weighted by Gasteiger charge is 2.57. The third-order valence-electron chi connectivity index (χ3n) is 7.92. The van der Waals surface area contributed by atoms with E-state index in [0.717, 1.165) is 18.2 Å². The summed E-state index contributed by atoms with van der Waals surface area (Å²) in [5, 5.41) is 14.2. The van der Waals surface area contributed by atoms with Gasteiger partial charge in [-0.05, 0) is 54.3 Å². The number of likely N-dealkylation sites (N-methyl/N-ethyl adjacent to an activating group) is 1. The number of likely N-dealkylation sites (tertiary alicyclic amines) is 1. The first kappa shape index (κ1) is 23.5. The number of halogens is 1. The Morgan fingerprint density at radius 2 is 2.14 bits per heavy atom. The van der Waals surface area contributed by atoms with Crippen molar-refractivity contribution in [1.29, 1.82) is 5.26 Å². The first-order valence-electron chi connectivity index (χ1n) is 12.3. The second-order valence-electron chi connectivity index (χ2n) is 10.3. The van der Waals surface area contributed by atoms with Crippen molar-refractivity contribution >= 4 is 46.0 Å². The van der Waals surface area contributed by atoms with Crippen LogP contribution in [0.3, 0.4) is 0 Å². The zero-order valence-electron chi connectivity index (χ0n) is 20.2. The molecule has 1 saturated carbocycles. The van der Waals surface area contributed by atoms with Crippen molar-refractivity contribution in [3.8, 4) is 6.07 Å². The summed E-state index contributed by atoms with van der Waals surface area (Å²) >= 11 is 6.24. The van der Waals surface area contributed by atoms with Crippen LogP contribution in [0.15, 0.2) is 42.6 Å². The van der Waals surface area contributed by atoms with Crippen LogP contribution in [0, 0.1) is 17.2 Å². The highest BCUT2D eigenvalue weighted by Crippen LogP contribution is 2.47. The third-order valence-corrected chi connectivity index (χ3v) is 8.15. The molecule has 9 nitrogen and oxygen atoms in total. The zero-order chi connectivity index (χ0) is 25.9. The minimum atomic E-state index is -1.05. The summed E-state index contributed by atoms with van der Waals surface area (Å²) in [4.78, 5) is 51.0. The summed E-state index contributed by atoms with van der Waals surface area (Å²) in [5.74, 6) is -0.534. The molecule has 1 saturated heterocycles. The molecular weight excluding hydrogens is 492 g/mol. The number of H-pyrrole nitrogens is 1. The van der Waals surface area contributed by atoms with Crippen molar-refractivity contribution in [3.63, 3.8) is 0 Å². The first-order chi connectivity index (χ1) is 17.8. The molecule has 6 rings (SSSR count). The van der Waals surface area contributed by atoms with Crippen LogP contribution in [-0.2, 0) is 15.0 Å². The standard InChI is InChI=1S/C27H25ClN6O3/c1-33(24(35)21-10-16-3-2-8-30-23(16)31-21)22(9-15-4-5-15)25(36)34-14-27(12-18(34)13-29)19-11-17(28)6-7-20(19)32-26(27)37/h2-3,6-8,10-11,15,18,22H,4-5,9,12,14H2,1H3,(H,30,31)(H,32,37)/t18-,22?,27-/m0/s1. The Morgan fingerprint density at radius 3 is 2.86 bits per heavy atom. The predicted molar refractivity (Wildman–Crippen MR) is 137 cm³/mol. The van der Waals surface area contributed by atoms with Crippen LogP contribution in [0.25, 0.3) is 11.0 Å². The van der Waals surface area contributed by atoms with Gasteiger partial charge in [0.15, 0.2) is 0 Å². The Bertz CT molecular complexity index is 1460. The molecule has 1 unspecified atom stereocenters. The average Bonchev–Trinajstić information content (AvgIpc) is 3.38. The Hall–Kier alpha value is -3.90. The van der Waals surface area contributed by atoms with E-state index < -0.39 is 17.5 Å². The lowest BCUT2D eigenvalue weighted by Gasteiger charge is -2.32. The fourth-order valence-electron chi connectivity index (χ4n) is 5.69. The molecular formula is C27H25ClN6O3. The van der Waals surface area contributed by atoms with Crippen LogP contribution in [0.1, 0.15) is 41.7 Å². The number of aromatic nitrogens is 2. The molecule has 10 heteroatoms. The number of hydrogen-bond donors (Lipinski definition) is 2. The van der Waals surface area contributed by atoms with E-state index in [-0.39, 0.29) is 30.7 Å². The fourth-order valence-corrected chi connectivity index (χ4v) is 5.86. The lowest BCUT2D eigenvalue weighted by atomic mass is 9.80. The molecule has 3 amide bonds. The average molecular weight is 517 g/mol. The van der Waals surface area contributed by atoms with Gasteiger partial charge in [0, 0.05) is 42.3 Å². The summed E-state index contributed by atoms with van der Waals surface area (Å²) in [6.07, 6.45) is 4.34. The van der Waals surface area contributed by atoms with Gasteiger partial charge in [-0.1, -0.05) is 24.4 Å². The lowest BCUT2D eigenvalue weighted by molar-refractivity contribution is -0.136. The smallest absolute Gasteiger partial charge is 0.270 e. The molecule has 0 bridgehead atoms. The zero-order valence-corrected chi connectivity index (χ0v) is 21.0. The van der Waals surface area contributed by atoms with Crippen LogP contribution < -0.4 is 5.32 Å². The maximum atomic E-state index is 14.1. The van der Waals surface area contributed by atoms with E-state index in [2.05, 4.69) is 21.4 Å². The Kier molecular flexibility index (Phi) is 5.46. The number of hydrogen-bond acceptors (Lipinski definition) is 5. The van der Waals surface area contributed by atoms with Crippen molar-refractivity contribution in [1.82, 2.24) is 19.8 Å². The quantitative estimate of drug-likeness (QED) is 0.537. The van der Waals surface area contributed by atoms with Crippen molar-refractivity contribution < 1.29 is 14.4 Å². The van der Waals surface area contributed by atoms with Gasteiger partial charge < -0.3 is 20.1 Å². The molecule has 0 radical (unpaired) electrons. The summed E-state index contributed by atoms with van der Waals surface area (Å²) in [6, 6.07) is 11.2. The predicted octanol–water partition coefficient (Wildman–Crippen LogP) is 3.47. The number of pyridine rings is 1. The van der Waals surface area contributed by atoms with Gasteiger partial charge in [0.1, 0.15) is 23.4 Å². The summed E-state index contributed by atoms with van der Waals surface area (Å²) < 4.78 is 0. The van der Waals surface area contributed by atoms with Crippen LogP contribution in [0.4, 0.5) is 5.69 Å². The topological polar surface area (TPSA) is 122 Å². The van der Waals surface area contributed by atoms with Crippen molar-refractivity contribution in [2.45, 2.75) is 43.2 Å². The molecule has 37 heavy (non-hydrogen) atoms. The molecule has 4 heterocycles. The second kappa shape index (κ2) is 8.60. The molecule has 188 valence electrons. The van der Waals surface area contributed by atoms with Gasteiger partial charge in [-0.2, -0.15) is 5.26 Å². The van der Waals surface area contributed by atoms with Crippen LogP contribution in [-0.4, -0.2) is 63.2 Å². The van der Waals surface area contributed by atoms with Crippen molar-refractivity contribution in [2.24, 2.45) is 5.92 Å². The van der Waals surface area contributed by atoms with E-state index in [1.165, 1.54) is 9.80 Å². The highest BCUT2D eigenvalue weighted by atomic mass is 35.5. The third kappa shape index (κ3) is 3.83. The lowest BCUT2D eigenvalue weighted by Crippen LogP contribution is -2.51. The SMILES string of the molecule is CN(C(=O)c1cc2cccnc2[nH]1)C(CC1CC1)C(=O)N1C[C@]2(C[C@H]1C#N)C(=O)Nc1ccc(Cl)cc12. The molecule has 1 spiro atoms. The van der Waals surface area contributed by atoms with Crippen molar-refractivity contribution in [2.75, 3.05) is 18.9 Å². The van der Waals surface area contributed by atoms with Gasteiger partial charge in [0.25, 0.3) is 5.91 Å². The molecule has 3 atom stereocenters. The monoisotopic (exact) mass is 516 g/mol. The normalized spacial score (nSPS) is 23.1. The van der Waals surface area contributed by atoms with E-state index in [1.807, 2.05) is 6.07 Å². The Balaban J connectivity index is 1.31. The number of nitrogens with zero attached hydrogens (tertiary/aromatic N) is 4. The van der Waals surface area contributed by atoms with Crippen LogP contribution >= 0.6 is 11.6 Å². The minimum Gasteiger partial charge on any atom is -0.335 e. The summed E-state index contributed by atoms with van der Waals surface area (Å²) in [5.41, 5.74) is 1.24. The number of nitriles is 1. The number of amides is 3. The van der Waals surface area contributed by atoms with Gasteiger partial charge in [-0.25, -0.2) is 4.98 Å². The largest absolute Gasteiger partial charge is 0.335 e. The van der Waals surface area contributed by atoms with Gasteiger partial charge in [-0.15, -0.1) is 0 Å². The fraction of sp³-hybridized carbons (Fsp3) is 0.370. The van der Waals surface area contributed by atoms with Crippen molar-refractivity contribution in [3.05, 3.63) is 58.9 Å². The number of rotatable bonds is 5. The van der Waals surface area contributed by atoms with E-state index in [1.54, 1.807) is 43.6 Å². The second-order valence-corrected chi connectivity index (χ2v) is 10.7. The van der Waals surface area contributed by atoms with Gasteiger partial charge >= 0.3 is 0 Å². The van der Waals surface area contributed by atoms with E-state index in [4.69, 9.17) is 11.6 Å². The molecule has 3 aliphatic rings. The molecule has 2 fully saturated rings. The number of nitrogens with one attached hydrogen (secondary N) is 2. The van der Waals surface area contributed by atoms with Gasteiger partial charge in [0.05, 0.1) is 11.5 Å². The number of carbonyl (C=O) groups is 3. The molecule has 1 aromatic carbocycles. The molecule has 2 aliphatic heterocycles. The van der Waals surface area contributed by atoms with E-state index in [9.17, 15) is 19.6 Å². The number of carbonyl (C=O) groups excluding carboxylic acids is 3. The maximum absolute atomic E-state index is 14.1. The molecule has 2 N–H and O–H groups in total.